The highest BCUT2D eigenvalue weighted by Gasteiger charge is 1.97. The fraction of sp³-hybridized carbons (Fsp3) is 0.571. The standard InChI is InChI=1S/C14H24/c1-6-8-9-13(4)14(5)11-10-12(3)7-2/h7,9H,5-6,8,10-11H2,1-4H3. The lowest BCUT2D eigenvalue weighted by molar-refractivity contribution is 0.913. The minimum atomic E-state index is 1.10. The minimum Gasteiger partial charge on any atom is -0.0956 e. The van der Waals surface area contributed by atoms with E-state index in [0.717, 1.165) is 12.8 Å². The third-order valence-corrected chi connectivity index (χ3v) is 2.61. The summed E-state index contributed by atoms with van der Waals surface area (Å²) in [6.45, 7) is 12.8. The average Bonchev–Trinajstić information content (AvgIpc) is 2.21. The lowest BCUT2D eigenvalue weighted by Gasteiger charge is -2.06. The second-order valence-electron chi connectivity index (χ2n) is 3.91. The third kappa shape index (κ3) is 5.80. The van der Waals surface area contributed by atoms with Crippen molar-refractivity contribution in [3.05, 3.63) is 35.5 Å². The molecule has 80 valence electrons. The molecule has 0 aliphatic rings. The molecule has 0 aromatic heterocycles. The molecule has 0 heteroatoms. The first kappa shape index (κ1) is 13.2. The summed E-state index contributed by atoms with van der Waals surface area (Å²) >= 11 is 0. The van der Waals surface area contributed by atoms with Crippen LogP contribution in [0.25, 0.3) is 0 Å². The van der Waals surface area contributed by atoms with Gasteiger partial charge in [0.1, 0.15) is 0 Å². The van der Waals surface area contributed by atoms with Gasteiger partial charge in [-0.2, -0.15) is 0 Å². The zero-order chi connectivity index (χ0) is 11.0. The fourth-order valence-corrected chi connectivity index (χ4v) is 1.19. The molecule has 0 aromatic carbocycles. The Morgan fingerprint density at radius 2 is 1.86 bits per heavy atom. The van der Waals surface area contributed by atoms with E-state index < -0.39 is 0 Å². The lowest BCUT2D eigenvalue weighted by atomic mass is 10.0. The second-order valence-corrected chi connectivity index (χ2v) is 3.91. The zero-order valence-corrected chi connectivity index (χ0v) is 10.2. The molecule has 0 atom stereocenters. The molecule has 0 unspecified atom stereocenters. The summed E-state index contributed by atoms with van der Waals surface area (Å²) in [5.74, 6) is 0. The summed E-state index contributed by atoms with van der Waals surface area (Å²) in [5.41, 5.74) is 4.12. The quantitative estimate of drug-likeness (QED) is 0.409. The summed E-state index contributed by atoms with van der Waals surface area (Å²) in [6, 6.07) is 0. The summed E-state index contributed by atoms with van der Waals surface area (Å²) in [6.07, 6.45) is 9.12. The van der Waals surface area contributed by atoms with Crippen molar-refractivity contribution in [3.63, 3.8) is 0 Å². The number of rotatable bonds is 6. The van der Waals surface area contributed by atoms with Gasteiger partial charge in [-0.15, -0.1) is 0 Å². The summed E-state index contributed by atoms with van der Waals surface area (Å²) in [5, 5.41) is 0. The molecular formula is C14H24. The van der Waals surface area contributed by atoms with Crippen molar-refractivity contribution in [3.8, 4) is 0 Å². The van der Waals surface area contributed by atoms with Crippen LogP contribution in [0.4, 0.5) is 0 Å². The lowest BCUT2D eigenvalue weighted by Crippen LogP contribution is -1.86. The minimum absolute atomic E-state index is 1.10. The van der Waals surface area contributed by atoms with Gasteiger partial charge in [0.2, 0.25) is 0 Å². The van der Waals surface area contributed by atoms with Gasteiger partial charge in [0.05, 0.1) is 0 Å². The van der Waals surface area contributed by atoms with Crippen molar-refractivity contribution in [1.29, 1.82) is 0 Å². The van der Waals surface area contributed by atoms with Gasteiger partial charge in [0.15, 0.2) is 0 Å². The Morgan fingerprint density at radius 1 is 1.21 bits per heavy atom. The Hall–Kier alpha value is -0.780. The van der Waals surface area contributed by atoms with Gasteiger partial charge < -0.3 is 0 Å². The van der Waals surface area contributed by atoms with E-state index in [1.807, 2.05) is 0 Å². The molecule has 0 amide bonds. The smallest absolute Gasteiger partial charge is 0.0245 e. The molecule has 0 radical (unpaired) electrons. The predicted molar refractivity (Wildman–Crippen MR) is 66.5 cm³/mol. The van der Waals surface area contributed by atoms with Crippen LogP contribution in [0.2, 0.25) is 0 Å². The summed E-state index contributed by atoms with van der Waals surface area (Å²) in [7, 11) is 0. The fourth-order valence-electron chi connectivity index (χ4n) is 1.19. The maximum Gasteiger partial charge on any atom is -0.0245 e. The maximum atomic E-state index is 4.12. The summed E-state index contributed by atoms with van der Waals surface area (Å²) < 4.78 is 0. The number of allylic oxidation sites excluding steroid dienone is 5. The van der Waals surface area contributed by atoms with Gasteiger partial charge in [-0.3, -0.25) is 0 Å². The molecule has 0 spiro atoms. The van der Waals surface area contributed by atoms with Crippen LogP contribution in [0.15, 0.2) is 35.5 Å². The Kier molecular flexibility index (Phi) is 7.18. The molecule has 0 saturated heterocycles. The molecule has 0 nitrogen and oxygen atoms in total. The number of hydrogen-bond donors (Lipinski definition) is 0. The van der Waals surface area contributed by atoms with Crippen molar-refractivity contribution in [2.45, 2.75) is 53.4 Å². The van der Waals surface area contributed by atoms with Gasteiger partial charge in [0, 0.05) is 0 Å². The van der Waals surface area contributed by atoms with E-state index in [2.05, 4.69) is 46.4 Å². The molecule has 0 aliphatic carbocycles. The predicted octanol–water partition coefficient (Wildman–Crippen LogP) is 5.04. The molecule has 0 heterocycles. The monoisotopic (exact) mass is 192 g/mol. The third-order valence-electron chi connectivity index (χ3n) is 2.61. The van der Waals surface area contributed by atoms with Crippen LogP contribution in [0, 0.1) is 0 Å². The van der Waals surface area contributed by atoms with Crippen LogP contribution in [-0.4, -0.2) is 0 Å². The first-order chi connectivity index (χ1) is 6.61. The van der Waals surface area contributed by atoms with Gasteiger partial charge >= 0.3 is 0 Å². The zero-order valence-electron chi connectivity index (χ0n) is 10.2. The topological polar surface area (TPSA) is 0 Å². The highest BCUT2D eigenvalue weighted by Crippen LogP contribution is 2.17. The van der Waals surface area contributed by atoms with Gasteiger partial charge in [-0.05, 0) is 40.0 Å². The molecule has 0 bridgehead atoms. The molecule has 0 saturated carbocycles. The second kappa shape index (κ2) is 7.61. The van der Waals surface area contributed by atoms with Crippen molar-refractivity contribution in [2.24, 2.45) is 0 Å². The van der Waals surface area contributed by atoms with Gasteiger partial charge in [-0.25, -0.2) is 0 Å². The largest absolute Gasteiger partial charge is 0.0956 e. The van der Waals surface area contributed by atoms with Crippen LogP contribution in [0.1, 0.15) is 53.4 Å². The van der Waals surface area contributed by atoms with E-state index in [0.29, 0.717) is 0 Å². The molecule has 0 aromatic rings. The van der Waals surface area contributed by atoms with Crippen LogP contribution in [-0.2, 0) is 0 Å². The summed E-state index contributed by atoms with van der Waals surface area (Å²) in [4.78, 5) is 0. The molecule has 0 fully saturated rings. The van der Waals surface area contributed by atoms with Crippen LogP contribution in [0.3, 0.4) is 0 Å². The molecule has 0 rings (SSSR count). The highest BCUT2D eigenvalue weighted by atomic mass is 14.0. The first-order valence-corrected chi connectivity index (χ1v) is 5.58. The van der Waals surface area contributed by atoms with Crippen LogP contribution >= 0.6 is 0 Å². The average molecular weight is 192 g/mol. The molecule has 0 N–H and O–H groups in total. The SMILES string of the molecule is C=C(CCC(C)=CC)C(C)=CCCC. The van der Waals surface area contributed by atoms with Gasteiger partial charge in [0.25, 0.3) is 0 Å². The number of hydrogen-bond acceptors (Lipinski definition) is 0. The Labute approximate surface area is 89.4 Å². The highest BCUT2D eigenvalue weighted by molar-refractivity contribution is 5.26. The van der Waals surface area contributed by atoms with E-state index in [1.54, 1.807) is 0 Å². The maximum absolute atomic E-state index is 4.12. The molecule has 0 aliphatic heterocycles. The van der Waals surface area contributed by atoms with Crippen molar-refractivity contribution >= 4 is 0 Å². The molecular weight excluding hydrogens is 168 g/mol. The van der Waals surface area contributed by atoms with Gasteiger partial charge in [-0.1, -0.05) is 48.8 Å². The van der Waals surface area contributed by atoms with Crippen LogP contribution in [0.5, 0.6) is 0 Å². The van der Waals surface area contributed by atoms with E-state index in [9.17, 15) is 0 Å². The van der Waals surface area contributed by atoms with Crippen LogP contribution < -0.4 is 0 Å². The molecule has 14 heavy (non-hydrogen) atoms. The van der Waals surface area contributed by atoms with E-state index in [4.69, 9.17) is 0 Å². The normalized spacial score (nSPS) is 13.1. The van der Waals surface area contributed by atoms with Crippen molar-refractivity contribution in [1.82, 2.24) is 0 Å². The Bertz CT molecular complexity index is 228. The first-order valence-electron chi connectivity index (χ1n) is 5.58. The van der Waals surface area contributed by atoms with Crippen molar-refractivity contribution in [2.75, 3.05) is 0 Å². The van der Waals surface area contributed by atoms with Crippen molar-refractivity contribution < 1.29 is 0 Å². The Morgan fingerprint density at radius 3 is 2.36 bits per heavy atom. The van der Waals surface area contributed by atoms with E-state index >= 15 is 0 Å². The van der Waals surface area contributed by atoms with E-state index in [-0.39, 0.29) is 0 Å². The van der Waals surface area contributed by atoms with E-state index in [1.165, 1.54) is 29.6 Å². The Balaban J connectivity index is 3.96. The number of unbranched alkanes of at least 4 members (excludes halogenated alkanes) is 1.